The van der Waals surface area contributed by atoms with Crippen molar-refractivity contribution in [1.29, 1.82) is 0 Å². The molecule has 0 rings (SSSR count). The first kappa shape index (κ1) is 21.6. The van der Waals surface area contributed by atoms with Gasteiger partial charge in [-0.15, -0.1) is 0 Å². The fraction of sp³-hybridized carbons (Fsp3) is 0.692. The molecule has 0 radical (unpaired) electrons. The summed E-state index contributed by atoms with van der Waals surface area (Å²) in [5, 5.41) is 10.2. The van der Waals surface area contributed by atoms with E-state index in [1.807, 2.05) is 0 Å². The molecular formula is C13H24N4O4S2. The molecule has 0 aromatic carbocycles. The van der Waals surface area contributed by atoms with Gasteiger partial charge in [-0.25, -0.2) is 0 Å². The Kier molecular flexibility index (Phi) is 11.3. The maximum absolute atomic E-state index is 11.7. The molecule has 0 heterocycles. The lowest BCUT2D eigenvalue weighted by Crippen LogP contribution is -2.47. The molecule has 132 valence electrons. The van der Waals surface area contributed by atoms with Crippen LogP contribution in [0.15, 0.2) is 0 Å². The lowest BCUT2D eigenvalue weighted by atomic mass is 10.3. The summed E-state index contributed by atoms with van der Waals surface area (Å²) in [5.41, 5.74) is 0. The van der Waals surface area contributed by atoms with Crippen LogP contribution in [0.3, 0.4) is 0 Å². The third kappa shape index (κ3) is 9.34. The average molecular weight is 364 g/mol. The van der Waals surface area contributed by atoms with Crippen molar-refractivity contribution in [3.05, 3.63) is 0 Å². The Labute approximate surface area is 144 Å². The van der Waals surface area contributed by atoms with Gasteiger partial charge in [0.2, 0.25) is 23.6 Å². The average Bonchev–Trinajstić information content (AvgIpc) is 2.54. The SMILES string of the molecule is CCC(=O)NC(CSSCC(NC(C)=O)C(=O)NC)C(=O)NC. The van der Waals surface area contributed by atoms with E-state index >= 15 is 0 Å². The zero-order valence-corrected chi connectivity index (χ0v) is 15.4. The van der Waals surface area contributed by atoms with E-state index < -0.39 is 12.1 Å². The number of carbonyl (C=O) groups is 4. The number of rotatable bonds is 10. The van der Waals surface area contributed by atoms with Crippen LogP contribution in [0.5, 0.6) is 0 Å². The Balaban J connectivity index is 4.39. The summed E-state index contributed by atoms with van der Waals surface area (Å²) in [4.78, 5) is 45.9. The minimum Gasteiger partial charge on any atom is -0.357 e. The summed E-state index contributed by atoms with van der Waals surface area (Å²) < 4.78 is 0. The highest BCUT2D eigenvalue weighted by molar-refractivity contribution is 8.76. The molecule has 0 saturated heterocycles. The Morgan fingerprint density at radius 3 is 1.65 bits per heavy atom. The predicted molar refractivity (Wildman–Crippen MR) is 92.9 cm³/mol. The molecule has 0 aromatic heterocycles. The van der Waals surface area contributed by atoms with Gasteiger partial charge >= 0.3 is 0 Å². The van der Waals surface area contributed by atoms with Crippen molar-refractivity contribution < 1.29 is 19.2 Å². The van der Waals surface area contributed by atoms with E-state index in [0.717, 1.165) is 0 Å². The van der Waals surface area contributed by atoms with E-state index in [1.54, 1.807) is 6.92 Å². The predicted octanol–water partition coefficient (Wildman–Crippen LogP) is -0.741. The van der Waals surface area contributed by atoms with E-state index in [4.69, 9.17) is 0 Å². The third-order valence-electron chi connectivity index (χ3n) is 2.71. The van der Waals surface area contributed by atoms with Crippen molar-refractivity contribution in [1.82, 2.24) is 21.3 Å². The van der Waals surface area contributed by atoms with Crippen molar-refractivity contribution in [2.45, 2.75) is 32.4 Å². The van der Waals surface area contributed by atoms with Gasteiger partial charge in [0.15, 0.2) is 0 Å². The van der Waals surface area contributed by atoms with Crippen LogP contribution < -0.4 is 21.3 Å². The summed E-state index contributed by atoms with van der Waals surface area (Å²) in [6.07, 6.45) is 0.298. The Bertz CT molecular complexity index is 434. The zero-order valence-electron chi connectivity index (χ0n) is 13.7. The van der Waals surface area contributed by atoms with Crippen molar-refractivity contribution in [2.24, 2.45) is 0 Å². The van der Waals surface area contributed by atoms with E-state index in [1.165, 1.54) is 42.6 Å². The van der Waals surface area contributed by atoms with Gasteiger partial charge < -0.3 is 21.3 Å². The van der Waals surface area contributed by atoms with E-state index in [9.17, 15) is 19.2 Å². The second kappa shape index (κ2) is 12.1. The molecule has 8 nitrogen and oxygen atoms in total. The first-order valence-electron chi connectivity index (χ1n) is 7.09. The molecule has 0 saturated carbocycles. The van der Waals surface area contributed by atoms with Gasteiger partial charge in [-0.3, -0.25) is 19.2 Å². The minimum absolute atomic E-state index is 0.203. The monoisotopic (exact) mass is 364 g/mol. The molecule has 10 heteroatoms. The highest BCUT2D eigenvalue weighted by Crippen LogP contribution is 2.23. The van der Waals surface area contributed by atoms with E-state index in [-0.39, 0.29) is 23.6 Å². The first-order valence-corrected chi connectivity index (χ1v) is 9.58. The summed E-state index contributed by atoms with van der Waals surface area (Å²) in [7, 11) is 5.70. The molecule has 2 unspecified atom stereocenters. The molecule has 0 aliphatic heterocycles. The molecule has 23 heavy (non-hydrogen) atoms. The molecule has 4 N–H and O–H groups in total. The van der Waals surface area contributed by atoms with Gasteiger partial charge in [-0.05, 0) is 0 Å². The fourth-order valence-corrected chi connectivity index (χ4v) is 3.82. The lowest BCUT2D eigenvalue weighted by Gasteiger charge is -2.18. The molecule has 0 aliphatic rings. The first-order chi connectivity index (χ1) is 10.8. The highest BCUT2D eigenvalue weighted by atomic mass is 33.1. The number of likely N-dealkylation sites (N-methyl/N-ethyl adjacent to an activating group) is 2. The second-order valence-electron chi connectivity index (χ2n) is 4.52. The smallest absolute Gasteiger partial charge is 0.243 e. The largest absolute Gasteiger partial charge is 0.357 e. The fourth-order valence-electron chi connectivity index (χ4n) is 1.49. The highest BCUT2D eigenvalue weighted by Gasteiger charge is 2.21. The number of hydrogen-bond donors (Lipinski definition) is 4. The summed E-state index contributed by atoms with van der Waals surface area (Å²) in [6, 6.07) is -1.28. The van der Waals surface area contributed by atoms with Crippen LogP contribution in [0.25, 0.3) is 0 Å². The standard InChI is InChI=1S/C13H24N4O4S2/c1-5-11(19)17-10(13(21)15-4)7-23-22-6-9(12(20)14-3)16-8(2)18/h9-10H,5-7H2,1-4H3,(H,14,20)(H,15,21)(H,16,18)(H,17,19). The Morgan fingerprint density at radius 1 is 0.870 bits per heavy atom. The molecule has 0 fully saturated rings. The molecule has 4 amide bonds. The van der Waals surface area contributed by atoms with Gasteiger partial charge in [0, 0.05) is 38.9 Å². The second-order valence-corrected chi connectivity index (χ2v) is 7.08. The molecule has 0 spiro atoms. The van der Waals surface area contributed by atoms with Gasteiger partial charge in [-0.1, -0.05) is 28.5 Å². The van der Waals surface area contributed by atoms with Crippen molar-refractivity contribution >= 4 is 45.2 Å². The summed E-state index contributed by atoms with van der Waals surface area (Å²) >= 11 is 0. The van der Waals surface area contributed by atoms with E-state index in [0.29, 0.717) is 17.9 Å². The van der Waals surface area contributed by atoms with Crippen LogP contribution >= 0.6 is 21.6 Å². The van der Waals surface area contributed by atoms with Gasteiger partial charge in [0.25, 0.3) is 0 Å². The molecule has 0 bridgehead atoms. The zero-order chi connectivity index (χ0) is 17.8. The van der Waals surface area contributed by atoms with Crippen molar-refractivity contribution in [2.75, 3.05) is 25.6 Å². The molecular weight excluding hydrogens is 340 g/mol. The number of carbonyl (C=O) groups excluding carboxylic acids is 4. The Hall–Kier alpha value is -1.42. The number of hydrogen-bond acceptors (Lipinski definition) is 6. The van der Waals surface area contributed by atoms with Crippen LogP contribution in [0.2, 0.25) is 0 Å². The Morgan fingerprint density at radius 2 is 1.30 bits per heavy atom. The quantitative estimate of drug-likeness (QED) is 0.300. The van der Waals surface area contributed by atoms with Gasteiger partial charge in [-0.2, -0.15) is 0 Å². The van der Waals surface area contributed by atoms with Crippen LogP contribution in [-0.4, -0.2) is 61.3 Å². The summed E-state index contributed by atoms with van der Waals surface area (Å²) in [5.74, 6) is -0.337. The minimum atomic E-state index is -0.640. The number of nitrogens with one attached hydrogen (secondary N) is 4. The third-order valence-corrected chi connectivity index (χ3v) is 5.13. The van der Waals surface area contributed by atoms with Gasteiger partial charge in [0.05, 0.1) is 0 Å². The molecule has 0 aromatic rings. The number of amides is 4. The van der Waals surface area contributed by atoms with Crippen LogP contribution in [0, 0.1) is 0 Å². The topological polar surface area (TPSA) is 116 Å². The van der Waals surface area contributed by atoms with Crippen molar-refractivity contribution in [3.8, 4) is 0 Å². The lowest BCUT2D eigenvalue weighted by molar-refractivity contribution is -0.128. The maximum atomic E-state index is 11.7. The van der Waals surface area contributed by atoms with Crippen LogP contribution in [0.1, 0.15) is 20.3 Å². The van der Waals surface area contributed by atoms with Crippen molar-refractivity contribution in [3.63, 3.8) is 0 Å². The molecule has 0 aliphatic carbocycles. The van der Waals surface area contributed by atoms with Crippen LogP contribution in [-0.2, 0) is 19.2 Å². The maximum Gasteiger partial charge on any atom is 0.243 e. The summed E-state index contributed by atoms with van der Waals surface area (Å²) in [6.45, 7) is 3.05. The van der Waals surface area contributed by atoms with Gasteiger partial charge in [0.1, 0.15) is 12.1 Å². The molecule has 2 atom stereocenters. The van der Waals surface area contributed by atoms with E-state index in [2.05, 4.69) is 21.3 Å². The normalized spacial score (nSPS) is 12.7. The van der Waals surface area contributed by atoms with Crippen LogP contribution in [0.4, 0.5) is 0 Å².